The quantitative estimate of drug-likeness (QED) is 0.662. The first-order chi connectivity index (χ1) is 13.7. The average molecular weight is 374 g/mol. The van der Waals surface area contributed by atoms with E-state index >= 15 is 0 Å². The fourth-order valence-corrected chi connectivity index (χ4v) is 3.90. The maximum atomic E-state index is 13.0. The van der Waals surface area contributed by atoms with Crippen molar-refractivity contribution in [1.29, 1.82) is 0 Å². The minimum Gasteiger partial charge on any atom is -0.360 e. The number of para-hydroxylation sites is 1. The van der Waals surface area contributed by atoms with E-state index in [1.165, 1.54) is 5.56 Å². The Hall–Kier alpha value is -2.69. The van der Waals surface area contributed by atoms with Crippen LogP contribution in [0.1, 0.15) is 22.8 Å². The summed E-state index contributed by atoms with van der Waals surface area (Å²) >= 11 is 0. The van der Waals surface area contributed by atoms with Crippen molar-refractivity contribution in [2.24, 2.45) is 0 Å². The lowest BCUT2D eigenvalue weighted by atomic mass is 10.0. The molecule has 0 radical (unpaired) electrons. The Morgan fingerprint density at radius 1 is 1.04 bits per heavy atom. The molecule has 3 aromatic rings. The van der Waals surface area contributed by atoms with E-state index < -0.39 is 0 Å². The van der Waals surface area contributed by atoms with Gasteiger partial charge in [-0.1, -0.05) is 60.7 Å². The number of nitrogens with one attached hydrogen (secondary N) is 1. The minimum absolute atomic E-state index is 0.0961. The molecule has 0 unspecified atom stereocenters. The highest BCUT2D eigenvalue weighted by Crippen LogP contribution is 2.21. The van der Waals surface area contributed by atoms with Gasteiger partial charge >= 0.3 is 0 Å². The largest absolute Gasteiger partial charge is 0.360 e. The van der Waals surface area contributed by atoms with E-state index in [0.717, 1.165) is 49.2 Å². The number of hydrogen-bond acceptors (Lipinski definition) is 3. The second kappa shape index (κ2) is 8.55. The van der Waals surface area contributed by atoms with Crippen molar-refractivity contribution < 1.29 is 4.79 Å². The van der Waals surface area contributed by atoms with Gasteiger partial charge in [-0.15, -0.1) is 0 Å². The summed E-state index contributed by atoms with van der Waals surface area (Å²) in [6.07, 6.45) is 6.26. The molecule has 144 valence electrons. The molecule has 1 saturated heterocycles. The van der Waals surface area contributed by atoms with E-state index in [-0.39, 0.29) is 11.8 Å². The minimum atomic E-state index is -0.0961. The summed E-state index contributed by atoms with van der Waals surface area (Å²) in [5.74, 6) is 0.204. The molecule has 28 heavy (non-hydrogen) atoms. The van der Waals surface area contributed by atoms with Crippen molar-refractivity contribution in [3.05, 3.63) is 78.0 Å². The first-order valence-electron chi connectivity index (χ1n) is 10.0. The van der Waals surface area contributed by atoms with E-state index in [1.807, 2.05) is 43.5 Å². The number of aromatic amines is 1. The maximum absolute atomic E-state index is 13.0. The number of benzene rings is 2. The summed E-state index contributed by atoms with van der Waals surface area (Å²) in [7, 11) is 0. The van der Waals surface area contributed by atoms with Crippen molar-refractivity contribution in [3.8, 4) is 0 Å². The van der Waals surface area contributed by atoms with Gasteiger partial charge in [-0.05, 0) is 18.6 Å². The fraction of sp³-hybridized carbons (Fsp3) is 0.292. The molecule has 0 saturated carbocycles. The van der Waals surface area contributed by atoms with Crippen LogP contribution in [-0.2, 0) is 0 Å². The van der Waals surface area contributed by atoms with E-state index in [1.54, 1.807) is 0 Å². The standard InChI is InChI=1S/C24H27N3O/c1-19(24(28)22-18-25-23-12-6-5-11-21(22)23)27-16-14-26(15-17-27)13-7-10-20-8-3-2-4-9-20/h2-12,18-19,25H,13-17H2,1H3/b10-7+/t19-/m0/s1. The predicted octanol–water partition coefficient (Wildman–Crippen LogP) is 4.07. The Labute approximate surface area is 166 Å². The zero-order valence-electron chi connectivity index (χ0n) is 16.3. The SMILES string of the molecule is C[C@@H](C(=O)c1c[nH]c2ccccc12)N1CCN(C/C=C/c2ccccc2)CC1. The summed E-state index contributed by atoms with van der Waals surface area (Å²) < 4.78 is 0. The van der Waals surface area contributed by atoms with Crippen molar-refractivity contribution in [2.75, 3.05) is 32.7 Å². The van der Waals surface area contributed by atoms with Crippen LogP contribution in [-0.4, -0.2) is 59.3 Å². The predicted molar refractivity (Wildman–Crippen MR) is 116 cm³/mol. The number of rotatable bonds is 6. The highest BCUT2D eigenvalue weighted by molar-refractivity contribution is 6.10. The van der Waals surface area contributed by atoms with Crippen LogP contribution in [0.15, 0.2) is 66.9 Å². The zero-order valence-corrected chi connectivity index (χ0v) is 16.3. The molecule has 1 N–H and O–H groups in total. The molecular weight excluding hydrogens is 346 g/mol. The third kappa shape index (κ3) is 4.08. The molecule has 2 heterocycles. The van der Waals surface area contributed by atoms with Crippen LogP contribution in [0.5, 0.6) is 0 Å². The summed E-state index contributed by atoms with van der Waals surface area (Å²) in [5.41, 5.74) is 3.06. The van der Waals surface area contributed by atoms with Gasteiger partial charge in [0.25, 0.3) is 0 Å². The van der Waals surface area contributed by atoms with Gasteiger partial charge in [-0.3, -0.25) is 14.6 Å². The van der Waals surface area contributed by atoms with Gasteiger partial charge in [0.1, 0.15) is 0 Å². The summed E-state index contributed by atoms with van der Waals surface area (Å²) in [6, 6.07) is 18.3. The highest BCUT2D eigenvalue weighted by atomic mass is 16.1. The monoisotopic (exact) mass is 373 g/mol. The van der Waals surface area contributed by atoms with E-state index in [9.17, 15) is 4.79 Å². The van der Waals surface area contributed by atoms with Crippen LogP contribution in [0.3, 0.4) is 0 Å². The molecule has 2 aromatic carbocycles. The van der Waals surface area contributed by atoms with Crippen LogP contribution in [0, 0.1) is 0 Å². The molecule has 1 atom stereocenters. The number of fused-ring (bicyclic) bond motifs is 1. The summed E-state index contributed by atoms with van der Waals surface area (Å²) in [4.78, 5) is 21.0. The van der Waals surface area contributed by atoms with Gasteiger partial charge in [0.05, 0.1) is 6.04 Å². The molecule has 1 aromatic heterocycles. The van der Waals surface area contributed by atoms with Gasteiger partial charge in [0.15, 0.2) is 5.78 Å². The van der Waals surface area contributed by atoms with Crippen LogP contribution in [0.2, 0.25) is 0 Å². The van der Waals surface area contributed by atoms with Crippen molar-refractivity contribution in [2.45, 2.75) is 13.0 Å². The van der Waals surface area contributed by atoms with Gasteiger partial charge in [-0.25, -0.2) is 0 Å². The maximum Gasteiger partial charge on any atom is 0.181 e. The number of aromatic nitrogens is 1. The van der Waals surface area contributed by atoms with Crippen LogP contribution in [0.4, 0.5) is 0 Å². The van der Waals surface area contributed by atoms with Crippen molar-refractivity contribution in [1.82, 2.24) is 14.8 Å². The normalized spacial score (nSPS) is 17.3. The first-order valence-corrected chi connectivity index (χ1v) is 10.0. The molecule has 0 bridgehead atoms. The molecule has 1 aliphatic rings. The van der Waals surface area contributed by atoms with Gasteiger partial charge < -0.3 is 4.98 Å². The Balaban J connectivity index is 1.32. The van der Waals surface area contributed by atoms with E-state index in [4.69, 9.17) is 0 Å². The molecule has 0 spiro atoms. The summed E-state index contributed by atoms with van der Waals surface area (Å²) in [6.45, 7) is 6.82. The lowest BCUT2D eigenvalue weighted by Gasteiger charge is -2.37. The Morgan fingerprint density at radius 2 is 1.75 bits per heavy atom. The van der Waals surface area contributed by atoms with Gasteiger partial charge in [-0.2, -0.15) is 0 Å². The second-order valence-electron chi connectivity index (χ2n) is 7.44. The van der Waals surface area contributed by atoms with Gasteiger partial charge in [0.2, 0.25) is 0 Å². The van der Waals surface area contributed by atoms with Crippen LogP contribution >= 0.6 is 0 Å². The zero-order chi connectivity index (χ0) is 19.3. The Bertz CT molecular complexity index is 952. The summed E-state index contributed by atoms with van der Waals surface area (Å²) in [5, 5.41) is 1.02. The molecule has 4 rings (SSSR count). The lowest BCUT2D eigenvalue weighted by Crippen LogP contribution is -2.51. The third-order valence-electron chi connectivity index (χ3n) is 5.66. The van der Waals surface area contributed by atoms with Crippen LogP contribution < -0.4 is 0 Å². The Morgan fingerprint density at radius 3 is 2.54 bits per heavy atom. The number of Topliss-reactive ketones (excluding diaryl/α,β-unsaturated/α-hetero) is 1. The lowest BCUT2D eigenvalue weighted by molar-refractivity contribution is 0.0721. The van der Waals surface area contributed by atoms with Gasteiger partial charge in [0, 0.05) is 55.4 Å². The van der Waals surface area contributed by atoms with Crippen molar-refractivity contribution in [3.63, 3.8) is 0 Å². The molecular formula is C24H27N3O. The molecule has 1 fully saturated rings. The average Bonchev–Trinajstić information content (AvgIpc) is 3.18. The highest BCUT2D eigenvalue weighted by Gasteiger charge is 2.27. The first kappa shape index (κ1) is 18.7. The third-order valence-corrected chi connectivity index (χ3v) is 5.66. The number of hydrogen-bond donors (Lipinski definition) is 1. The van der Waals surface area contributed by atoms with Crippen molar-refractivity contribution >= 4 is 22.8 Å². The number of nitrogens with zero attached hydrogens (tertiary/aromatic N) is 2. The smallest absolute Gasteiger partial charge is 0.181 e. The fourth-order valence-electron chi connectivity index (χ4n) is 3.90. The molecule has 1 aliphatic heterocycles. The molecule has 4 nitrogen and oxygen atoms in total. The van der Waals surface area contributed by atoms with E-state index in [2.05, 4.69) is 51.2 Å². The molecule has 4 heteroatoms. The topological polar surface area (TPSA) is 39.3 Å². The number of H-pyrrole nitrogens is 1. The number of ketones is 1. The van der Waals surface area contributed by atoms with Crippen LogP contribution in [0.25, 0.3) is 17.0 Å². The Kier molecular flexibility index (Phi) is 5.70. The molecule has 0 amide bonds. The number of carbonyl (C=O) groups is 1. The number of piperazine rings is 1. The second-order valence-corrected chi connectivity index (χ2v) is 7.44. The number of carbonyl (C=O) groups excluding carboxylic acids is 1. The van der Waals surface area contributed by atoms with E-state index in [0.29, 0.717) is 0 Å². The molecule has 0 aliphatic carbocycles.